The largest absolute Gasteiger partial charge is 0.673 e. The summed E-state index contributed by atoms with van der Waals surface area (Å²) in [6.07, 6.45) is 0. The number of hydrogen-bond donors (Lipinski definition) is 0. The van der Waals surface area contributed by atoms with Crippen LogP contribution in [0.2, 0.25) is 0 Å². The van der Waals surface area contributed by atoms with Crippen molar-refractivity contribution in [3.63, 3.8) is 0 Å². The molecule has 6 aromatic rings. The van der Waals surface area contributed by atoms with E-state index in [1.165, 1.54) is 0 Å². The van der Waals surface area contributed by atoms with Gasteiger partial charge in [-0.25, -0.2) is 4.42 Å². The molecule has 0 spiro atoms. The average Bonchev–Trinajstić information content (AvgIpc) is 3.01. The van der Waals surface area contributed by atoms with Crippen LogP contribution in [0.5, 0.6) is 0 Å². The second-order valence-corrected chi connectivity index (χ2v) is 9.21. The van der Waals surface area contributed by atoms with Gasteiger partial charge in [-0.05, 0) is 41.0 Å². The molecule has 0 unspecified atom stereocenters. The number of halogens is 4. The fraction of sp³-hybridized carbons (Fsp3) is 0. The second kappa shape index (κ2) is 12.5. The Morgan fingerprint density at radius 3 is 0.805 bits per heavy atom. The van der Waals surface area contributed by atoms with Gasteiger partial charge in [0.25, 0.3) is 0 Å². The van der Waals surface area contributed by atoms with Crippen LogP contribution in [0.25, 0.3) is 56.0 Å². The smallest absolute Gasteiger partial charge is 0.418 e. The zero-order chi connectivity index (χ0) is 28.7. The van der Waals surface area contributed by atoms with Crippen LogP contribution in [0.3, 0.4) is 0 Å². The van der Waals surface area contributed by atoms with Gasteiger partial charge in [0.15, 0.2) is 0 Å². The molecule has 1 aromatic heterocycles. The van der Waals surface area contributed by atoms with Crippen molar-refractivity contribution in [1.29, 1.82) is 0 Å². The SMILES string of the molecule is F[B-](F)(F)F.c1ccc(-c2[o+]c(-c3ccccc3)c(-c3ccccc3)c(-c3ccccc3)c2-c2ccccc2)cc1. The van der Waals surface area contributed by atoms with Crippen LogP contribution in [-0.2, 0) is 0 Å². The van der Waals surface area contributed by atoms with Gasteiger partial charge >= 0.3 is 18.8 Å². The fourth-order valence-electron chi connectivity index (χ4n) is 4.80. The van der Waals surface area contributed by atoms with E-state index in [-0.39, 0.29) is 0 Å². The van der Waals surface area contributed by atoms with E-state index in [9.17, 15) is 17.3 Å². The summed E-state index contributed by atoms with van der Waals surface area (Å²) in [7, 11) is -6.00. The highest BCUT2D eigenvalue weighted by atomic mass is 19.5. The van der Waals surface area contributed by atoms with Gasteiger partial charge in [-0.3, -0.25) is 0 Å². The first-order valence-electron chi connectivity index (χ1n) is 13.1. The van der Waals surface area contributed by atoms with Crippen LogP contribution in [-0.4, -0.2) is 7.25 Å². The van der Waals surface area contributed by atoms with Crippen molar-refractivity contribution in [2.45, 2.75) is 0 Å². The van der Waals surface area contributed by atoms with Crippen molar-refractivity contribution < 1.29 is 21.7 Å². The van der Waals surface area contributed by atoms with Crippen molar-refractivity contribution in [3.8, 4) is 56.0 Å². The van der Waals surface area contributed by atoms with E-state index in [1.54, 1.807) is 0 Å². The third-order valence-corrected chi connectivity index (χ3v) is 6.42. The predicted octanol–water partition coefficient (Wildman–Crippen LogP) is 11.2. The van der Waals surface area contributed by atoms with E-state index < -0.39 is 7.25 Å². The Kier molecular flexibility index (Phi) is 8.40. The first-order chi connectivity index (χ1) is 19.9. The molecule has 0 aliphatic rings. The second-order valence-electron chi connectivity index (χ2n) is 9.21. The Hall–Kier alpha value is -4.97. The summed E-state index contributed by atoms with van der Waals surface area (Å²) in [6.45, 7) is 0. The van der Waals surface area contributed by atoms with E-state index in [0.717, 1.165) is 56.0 Å². The summed E-state index contributed by atoms with van der Waals surface area (Å²) in [6, 6.07) is 52.6. The highest BCUT2D eigenvalue weighted by Gasteiger charge is 2.34. The fourth-order valence-corrected chi connectivity index (χ4v) is 4.80. The Morgan fingerprint density at radius 1 is 0.317 bits per heavy atom. The van der Waals surface area contributed by atoms with E-state index in [2.05, 4.69) is 140 Å². The molecule has 1 nitrogen and oxygen atoms in total. The lowest BCUT2D eigenvalue weighted by atomic mass is 9.84. The zero-order valence-electron chi connectivity index (χ0n) is 21.9. The highest BCUT2D eigenvalue weighted by molar-refractivity contribution is 6.50. The van der Waals surface area contributed by atoms with Gasteiger partial charge in [-0.1, -0.05) is 127 Å². The molecule has 0 amide bonds. The van der Waals surface area contributed by atoms with Gasteiger partial charge in [-0.15, -0.1) is 0 Å². The average molecular weight is 548 g/mol. The molecule has 0 fully saturated rings. The van der Waals surface area contributed by atoms with Crippen LogP contribution in [0, 0.1) is 0 Å². The van der Waals surface area contributed by atoms with Crippen molar-refractivity contribution in [1.82, 2.24) is 0 Å². The van der Waals surface area contributed by atoms with Crippen LogP contribution in [0.15, 0.2) is 156 Å². The van der Waals surface area contributed by atoms with Crippen molar-refractivity contribution in [3.05, 3.63) is 152 Å². The first-order valence-corrected chi connectivity index (χ1v) is 13.1. The lowest BCUT2D eigenvalue weighted by molar-refractivity contribution is 0.368. The predicted molar refractivity (Wildman–Crippen MR) is 160 cm³/mol. The maximum absolute atomic E-state index is 9.75. The van der Waals surface area contributed by atoms with Crippen molar-refractivity contribution in [2.24, 2.45) is 0 Å². The van der Waals surface area contributed by atoms with E-state index in [4.69, 9.17) is 4.42 Å². The molecule has 0 atom stereocenters. The molecule has 5 aromatic carbocycles. The molecule has 202 valence electrons. The minimum absolute atomic E-state index is 0.860. The monoisotopic (exact) mass is 548 g/mol. The van der Waals surface area contributed by atoms with Crippen LogP contribution >= 0.6 is 0 Å². The lowest BCUT2D eigenvalue weighted by Crippen LogP contribution is -2.02. The van der Waals surface area contributed by atoms with Gasteiger partial charge in [0.1, 0.15) is 0 Å². The standard InChI is InChI=1S/C35H25O.BF4/c1-6-16-26(17-7-1)31-32(27-18-8-2-9-19-27)34(29-22-12-4-13-23-29)36-35(30-24-14-5-15-25-30)33(31)28-20-10-3-11-21-28;2-1(3,4)5/h1-25H;/q+1;-1. The minimum atomic E-state index is -6.00. The summed E-state index contributed by atoms with van der Waals surface area (Å²) >= 11 is 0. The highest BCUT2D eigenvalue weighted by Crippen LogP contribution is 2.50. The molecule has 6 heteroatoms. The molecular weight excluding hydrogens is 523 g/mol. The molecule has 0 N–H and O–H groups in total. The summed E-state index contributed by atoms with van der Waals surface area (Å²) in [5.41, 5.74) is 8.83. The Balaban J connectivity index is 0.000000623. The van der Waals surface area contributed by atoms with E-state index >= 15 is 0 Å². The molecule has 0 saturated heterocycles. The van der Waals surface area contributed by atoms with Crippen LogP contribution < -0.4 is 0 Å². The van der Waals surface area contributed by atoms with Gasteiger partial charge in [-0.2, -0.15) is 0 Å². The quantitative estimate of drug-likeness (QED) is 0.119. The van der Waals surface area contributed by atoms with Gasteiger partial charge in [0.05, 0.1) is 22.3 Å². The number of hydrogen-bond acceptors (Lipinski definition) is 0. The van der Waals surface area contributed by atoms with E-state index in [0.29, 0.717) is 0 Å². The third-order valence-electron chi connectivity index (χ3n) is 6.42. The first kappa shape index (κ1) is 27.6. The van der Waals surface area contributed by atoms with Crippen molar-refractivity contribution in [2.75, 3.05) is 0 Å². The molecule has 6 rings (SSSR count). The molecule has 0 aliphatic carbocycles. The molecular formula is C35H25BF4O. The summed E-state index contributed by atoms with van der Waals surface area (Å²) in [5.74, 6) is 1.72. The maximum atomic E-state index is 9.75. The number of benzene rings is 5. The van der Waals surface area contributed by atoms with Gasteiger partial charge in [0, 0.05) is 5.56 Å². The van der Waals surface area contributed by atoms with Gasteiger partial charge < -0.3 is 17.3 Å². The molecule has 0 saturated carbocycles. The van der Waals surface area contributed by atoms with E-state index in [1.807, 2.05) is 12.1 Å². The molecule has 1 heterocycles. The number of rotatable bonds is 5. The Bertz CT molecular complexity index is 1590. The maximum Gasteiger partial charge on any atom is 0.673 e. The Labute approximate surface area is 236 Å². The third kappa shape index (κ3) is 6.79. The Morgan fingerprint density at radius 2 is 0.537 bits per heavy atom. The molecule has 0 bridgehead atoms. The molecule has 41 heavy (non-hydrogen) atoms. The summed E-state index contributed by atoms with van der Waals surface area (Å²) in [4.78, 5) is 0. The minimum Gasteiger partial charge on any atom is -0.418 e. The molecule has 0 aliphatic heterocycles. The van der Waals surface area contributed by atoms with Crippen LogP contribution in [0.1, 0.15) is 0 Å². The summed E-state index contributed by atoms with van der Waals surface area (Å²) < 4.78 is 46.0. The summed E-state index contributed by atoms with van der Waals surface area (Å²) in [5, 5.41) is 0. The lowest BCUT2D eigenvalue weighted by Gasteiger charge is -2.16. The van der Waals surface area contributed by atoms with Gasteiger partial charge in [0.2, 0.25) is 0 Å². The van der Waals surface area contributed by atoms with Crippen molar-refractivity contribution >= 4 is 7.25 Å². The van der Waals surface area contributed by atoms with Crippen LogP contribution in [0.4, 0.5) is 17.3 Å². The zero-order valence-corrected chi connectivity index (χ0v) is 21.9. The normalized spacial score (nSPS) is 10.9. The topological polar surface area (TPSA) is 11.3 Å². The molecule has 0 radical (unpaired) electrons.